The summed E-state index contributed by atoms with van der Waals surface area (Å²) < 4.78 is 6.86. The summed E-state index contributed by atoms with van der Waals surface area (Å²) in [5.41, 5.74) is 8.23. The summed E-state index contributed by atoms with van der Waals surface area (Å²) in [7, 11) is 0. The minimum atomic E-state index is -0.0783. The Morgan fingerprint density at radius 3 is 2.71 bits per heavy atom. The molecule has 0 amide bonds. The number of nitrogens with zero attached hydrogens (tertiary/aromatic N) is 2. The number of nitrogens with two attached hydrogens (primary N) is 1. The maximum atomic E-state index is 12.2. The first-order valence-corrected chi connectivity index (χ1v) is 7.65. The molecule has 7 heteroatoms. The van der Waals surface area contributed by atoms with Crippen molar-refractivity contribution in [1.29, 1.82) is 0 Å². The van der Waals surface area contributed by atoms with Crippen LogP contribution in [0.5, 0.6) is 0 Å². The van der Waals surface area contributed by atoms with Crippen LogP contribution < -0.4 is 20.9 Å². The molecule has 2 heterocycles. The fourth-order valence-electron chi connectivity index (χ4n) is 2.32. The molecule has 1 aliphatic rings. The highest BCUT2D eigenvalue weighted by Gasteiger charge is 2.19. The predicted molar refractivity (Wildman–Crippen MR) is 86.2 cm³/mol. The molecule has 0 unspecified atom stereocenters. The number of nitrogens with one attached hydrogen (secondary N) is 1. The molecule has 1 fully saturated rings. The van der Waals surface area contributed by atoms with Gasteiger partial charge in [-0.25, -0.2) is 0 Å². The summed E-state index contributed by atoms with van der Waals surface area (Å²) in [6.45, 7) is 4.58. The summed E-state index contributed by atoms with van der Waals surface area (Å²) in [6.07, 6.45) is 0. The molecule has 0 saturated carbocycles. The number of para-hydroxylation sites is 1. The molecule has 0 radical (unpaired) electrons. The largest absolute Gasteiger partial charge is 0.381 e. The van der Waals surface area contributed by atoms with Gasteiger partial charge in [-0.05, 0) is 18.6 Å². The van der Waals surface area contributed by atoms with Gasteiger partial charge >= 0.3 is 4.87 Å². The van der Waals surface area contributed by atoms with Crippen LogP contribution in [-0.4, -0.2) is 31.0 Å². The molecule has 2 aromatic rings. The van der Waals surface area contributed by atoms with E-state index in [1.54, 1.807) is 4.68 Å². The van der Waals surface area contributed by atoms with Gasteiger partial charge in [-0.1, -0.05) is 29.5 Å². The molecule has 112 valence electrons. The molecule has 6 nitrogen and oxygen atoms in total. The number of morpholine rings is 1. The molecule has 1 aliphatic heterocycles. The van der Waals surface area contributed by atoms with Crippen molar-refractivity contribution in [2.45, 2.75) is 6.92 Å². The average Bonchev–Trinajstić information content (AvgIpc) is 2.77. The fraction of sp³-hybridized carbons (Fsp3) is 0.357. The second-order valence-corrected chi connectivity index (χ2v) is 5.86. The zero-order chi connectivity index (χ0) is 14.8. The first-order chi connectivity index (χ1) is 10.2. The van der Waals surface area contributed by atoms with E-state index in [4.69, 9.17) is 10.5 Å². The summed E-state index contributed by atoms with van der Waals surface area (Å²) in [6, 6.07) is 7.91. The lowest BCUT2D eigenvalue weighted by atomic mass is 10.2. The van der Waals surface area contributed by atoms with Gasteiger partial charge in [0.2, 0.25) is 0 Å². The van der Waals surface area contributed by atoms with Crippen LogP contribution >= 0.6 is 11.3 Å². The number of ether oxygens (including phenoxy) is 1. The van der Waals surface area contributed by atoms with E-state index < -0.39 is 0 Å². The van der Waals surface area contributed by atoms with E-state index in [1.807, 2.05) is 36.2 Å². The Hall–Kier alpha value is -1.99. The second-order valence-electron chi connectivity index (χ2n) is 4.90. The van der Waals surface area contributed by atoms with Crippen molar-refractivity contribution in [2.24, 2.45) is 0 Å². The number of hydrogen-bond acceptors (Lipinski definition) is 6. The summed E-state index contributed by atoms with van der Waals surface area (Å²) in [5.74, 6) is 0.454. The van der Waals surface area contributed by atoms with Gasteiger partial charge in [0.05, 0.1) is 26.3 Å². The maximum absolute atomic E-state index is 12.2. The minimum absolute atomic E-state index is 0.0783. The Morgan fingerprint density at radius 1 is 1.29 bits per heavy atom. The van der Waals surface area contributed by atoms with E-state index in [9.17, 15) is 4.79 Å². The van der Waals surface area contributed by atoms with Crippen LogP contribution in [0.15, 0.2) is 29.1 Å². The van der Waals surface area contributed by atoms with Crippen molar-refractivity contribution in [3.05, 3.63) is 39.5 Å². The van der Waals surface area contributed by atoms with Crippen LogP contribution in [0.4, 0.5) is 16.5 Å². The lowest BCUT2D eigenvalue weighted by molar-refractivity contribution is 0.111. The monoisotopic (exact) mass is 306 g/mol. The number of nitrogen functional groups attached to an aromatic ring is 1. The van der Waals surface area contributed by atoms with Crippen LogP contribution in [0.3, 0.4) is 0 Å². The Kier molecular flexibility index (Phi) is 3.85. The van der Waals surface area contributed by atoms with E-state index in [-0.39, 0.29) is 4.87 Å². The van der Waals surface area contributed by atoms with Gasteiger partial charge in [-0.3, -0.25) is 4.79 Å². The Bertz CT molecular complexity index is 689. The second kappa shape index (κ2) is 5.79. The van der Waals surface area contributed by atoms with E-state index in [0.29, 0.717) is 37.1 Å². The molecule has 1 aromatic heterocycles. The highest BCUT2D eigenvalue weighted by Crippen LogP contribution is 2.28. The summed E-state index contributed by atoms with van der Waals surface area (Å²) in [5, 5.41) is 5.87. The van der Waals surface area contributed by atoms with E-state index >= 15 is 0 Å². The topological polar surface area (TPSA) is 72.5 Å². The number of hydrogen-bond donors (Lipinski definition) is 2. The Balaban J connectivity index is 1.91. The molecule has 3 N–H and O–H groups in total. The maximum Gasteiger partial charge on any atom is 0.329 e. The van der Waals surface area contributed by atoms with Crippen LogP contribution in [0.2, 0.25) is 0 Å². The molecule has 21 heavy (non-hydrogen) atoms. The number of benzene rings is 1. The molecule has 1 saturated heterocycles. The van der Waals surface area contributed by atoms with Gasteiger partial charge in [0, 0.05) is 5.69 Å². The van der Waals surface area contributed by atoms with Gasteiger partial charge in [-0.2, -0.15) is 4.68 Å². The van der Waals surface area contributed by atoms with Crippen molar-refractivity contribution in [3.63, 3.8) is 0 Å². The third-order valence-corrected chi connectivity index (χ3v) is 4.35. The number of aromatic nitrogens is 1. The van der Waals surface area contributed by atoms with Gasteiger partial charge in [0.25, 0.3) is 0 Å². The number of thiazole rings is 1. The lowest BCUT2D eigenvalue weighted by Crippen LogP contribution is -2.47. The first kappa shape index (κ1) is 14.0. The van der Waals surface area contributed by atoms with Crippen LogP contribution in [-0.2, 0) is 4.74 Å². The minimum Gasteiger partial charge on any atom is -0.381 e. The SMILES string of the molecule is Cc1ccccc1Nc1sc(=O)n(N2CCOCC2)c1N. The highest BCUT2D eigenvalue weighted by molar-refractivity contribution is 7.14. The zero-order valence-electron chi connectivity index (χ0n) is 11.8. The molecule has 1 aromatic carbocycles. The molecule has 3 rings (SSSR count). The fourth-order valence-corrected chi connectivity index (χ4v) is 3.15. The van der Waals surface area contributed by atoms with Crippen molar-refractivity contribution >= 4 is 27.8 Å². The van der Waals surface area contributed by atoms with Crippen LogP contribution in [0, 0.1) is 6.92 Å². The van der Waals surface area contributed by atoms with Crippen molar-refractivity contribution in [1.82, 2.24) is 4.68 Å². The Morgan fingerprint density at radius 2 is 2.00 bits per heavy atom. The number of rotatable bonds is 3. The van der Waals surface area contributed by atoms with E-state index in [2.05, 4.69) is 5.32 Å². The third kappa shape index (κ3) is 2.74. The quantitative estimate of drug-likeness (QED) is 0.899. The number of anilines is 3. The smallest absolute Gasteiger partial charge is 0.329 e. The van der Waals surface area contributed by atoms with Crippen LogP contribution in [0.25, 0.3) is 0 Å². The molecular formula is C14H18N4O2S. The lowest BCUT2D eigenvalue weighted by Gasteiger charge is -2.29. The van der Waals surface area contributed by atoms with Crippen molar-refractivity contribution in [2.75, 3.05) is 42.4 Å². The zero-order valence-corrected chi connectivity index (χ0v) is 12.7. The molecular weight excluding hydrogens is 288 g/mol. The molecule has 0 atom stereocenters. The van der Waals surface area contributed by atoms with E-state index in [0.717, 1.165) is 22.6 Å². The normalized spacial score (nSPS) is 15.2. The van der Waals surface area contributed by atoms with Crippen molar-refractivity contribution in [3.8, 4) is 0 Å². The molecule has 0 spiro atoms. The standard InChI is InChI=1S/C14H18N4O2S/c1-10-4-2-3-5-11(10)16-13-12(15)18(14(19)21-13)17-6-8-20-9-7-17/h2-5,16H,6-9,15H2,1H3. The Labute approximate surface area is 126 Å². The van der Waals surface area contributed by atoms with Gasteiger partial charge < -0.3 is 20.8 Å². The predicted octanol–water partition coefficient (Wildman–Crippen LogP) is 1.51. The van der Waals surface area contributed by atoms with Crippen molar-refractivity contribution < 1.29 is 4.74 Å². The van der Waals surface area contributed by atoms with Crippen LogP contribution in [0.1, 0.15) is 5.56 Å². The highest BCUT2D eigenvalue weighted by atomic mass is 32.1. The molecule has 0 bridgehead atoms. The first-order valence-electron chi connectivity index (χ1n) is 6.84. The summed E-state index contributed by atoms with van der Waals surface area (Å²) >= 11 is 1.13. The number of aryl methyl sites for hydroxylation is 1. The van der Waals surface area contributed by atoms with Gasteiger partial charge in [0.15, 0.2) is 5.82 Å². The average molecular weight is 306 g/mol. The van der Waals surface area contributed by atoms with Gasteiger partial charge in [0.1, 0.15) is 5.00 Å². The van der Waals surface area contributed by atoms with E-state index in [1.165, 1.54) is 0 Å². The summed E-state index contributed by atoms with van der Waals surface area (Å²) in [4.78, 5) is 12.1. The van der Waals surface area contributed by atoms with Gasteiger partial charge in [-0.15, -0.1) is 0 Å². The molecule has 0 aliphatic carbocycles. The third-order valence-electron chi connectivity index (χ3n) is 3.49.